The van der Waals surface area contributed by atoms with Crippen molar-refractivity contribution in [1.82, 2.24) is 20.6 Å². The highest BCUT2D eigenvalue weighted by molar-refractivity contribution is 7.09. The Bertz CT molecular complexity index is 906. The van der Waals surface area contributed by atoms with Crippen LogP contribution in [-0.2, 0) is 13.0 Å². The molecule has 0 aliphatic rings. The highest BCUT2D eigenvalue weighted by atomic mass is 32.1. The number of aromatic nitrogens is 2. The van der Waals surface area contributed by atoms with Crippen LogP contribution in [0.4, 0.5) is 0 Å². The normalized spacial score (nSPS) is 12.1. The Morgan fingerprint density at radius 2 is 2.15 bits per heavy atom. The molecule has 0 radical (unpaired) electrons. The number of nitrogens with one attached hydrogen (secondary N) is 3. The summed E-state index contributed by atoms with van der Waals surface area (Å²) in [4.78, 5) is 12.7. The summed E-state index contributed by atoms with van der Waals surface area (Å²) in [6.45, 7) is 10.8. The van der Waals surface area contributed by atoms with E-state index in [1.54, 1.807) is 11.3 Å². The van der Waals surface area contributed by atoms with Crippen LogP contribution in [0.3, 0.4) is 0 Å². The first-order valence-electron chi connectivity index (χ1n) is 9.60. The number of benzene rings is 1. The number of hydrogen-bond acceptors (Lipinski definition) is 3. The number of aromatic amines is 1. The fourth-order valence-electron chi connectivity index (χ4n) is 2.98. The van der Waals surface area contributed by atoms with Crippen LogP contribution >= 0.6 is 11.3 Å². The van der Waals surface area contributed by atoms with E-state index in [1.807, 2.05) is 0 Å². The van der Waals surface area contributed by atoms with Crippen molar-refractivity contribution in [3.8, 4) is 0 Å². The van der Waals surface area contributed by atoms with Crippen LogP contribution in [0.2, 0.25) is 0 Å². The second kappa shape index (κ2) is 9.04. The molecule has 0 aliphatic heterocycles. The third-order valence-corrected chi connectivity index (χ3v) is 5.61. The van der Waals surface area contributed by atoms with E-state index >= 15 is 0 Å². The van der Waals surface area contributed by atoms with E-state index < -0.39 is 0 Å². The third kappa shape index (κ3) is 5.10. The molecule has 0 aliphatic carbocycles. The van der Waals surface area contributed by atoms with Gasteiger partial charge in [0.05, 0.1) is 17.2 Å². The molecule has 0 saturated heterocycles. The van der Waals surface area contributed by atoms with Crippen LogP contribution in [-0.4, -0.2) is 29.0 Å². The molecule has 0 amide bonds. The zero-order chi connectivity index (χ0) is 19.2. The smallest absolute Gasteiger partial charge is 0.191 e. The Labute approximate surface area is 165 Å². The van der Waals surface area contributed by atoms with Gasteiger partial charge in [-0.2, -0.15) is 0 Å². The average Bonchev–Trinajstić information content (AvgIpc) is 3.26. The van der Waals surface area contributed by atoms with Gasteiger partial charge in [-0.3, -0.25) is 0 Å². The van der Waals surface area contributed by atoms with Crippen molar-refractivity contribution in [2.45, 2.75) is 46.6 Å². The lowest BCUT2D eigenvalue weighted by atomic mass is 10.1. The molecule has 0 saturated carbocycles. The van der Waals surface area contributed by atoms with Gasteiger partial charge in [-0.05, 0) is 37.5 Å². The Morgan fingerprint density at radius 1 is 1.30 bits per heavy atom. The molecule has 144 valence electrons. The first-order chi connectivity index (χ1) is 13.1. The van der Waals surface area contributed by atoms with Gasteiger partial charge < -0.3 is 15.6 Å². The molecule has 27 heavy (non-hydrogen) atoms. The molecule has 2 heterocycles. The monoisotopic (exact) mass is 383 g/mol. The molecule has 2 aromatic heterocycles. The number of guanidine groups is 1. The van der Waals surface area contributed by atoms with Crippen LogP contribution < -0.4 is 10.6 Å². The van der Waals surface area contributed by atoms with Crippen LogP contribution in [0.5, 0.6) is 0 Å². The molecule has 0 bridgehead atoms. The van der Waals surface area contributed by atoms with Crippen molar-refractivity contribution in [2.24, 2.45) is 4.99 Å². The number of rotatable bonds is 7. The average molecular weight is 384 g/mol. The van der Waals surface area contributed by atoms with Gasteiger partial charge in [0.25, 0.3) is 0 Å². The third-order valence-electron chi connectivity index (χ3n) is 4.42. The highest BCUT2D eigenvalue weighted by Gasteiger charge is 2.07. The molecule has 0 atom stereocenters. The minimum absolute atomic E-state index is 0.471. The lowest BCUT2D eigenvalue weighted by molar-refractivity contribution is 0.795. The minimum atomic E-state index is 0.471. The maximum atomic E-state index is 4.68. The van der Waals surface area contributed by atoms with E-state index in [1.165, 1.54) is 27.0 Å². The second-order valence-electron chi connectivity index (χ2n) is 7.07. The van der Waals surface area contributed by atoms with Crippen molar-refractivity contribution < 1.29 is 0 Å². The summed E-state index contributed by atoms with van der Waals surface area (Å²) in [5.74, 6) is 1.31. The number of thiazole rings is 1. The summed E-state index contributed by atoms with van der Waals surface area (Å²) < 4.78 is 0. The largest absolute Gasteiger partial charge is 0.361 e. The van der Waals surface area contributed by atoms with Gasteiger partial charge in [0.1, 0.15) is 0 Å². The van der Waals surface area contributed by atoms with Crippen molar-refractivity contribution in [2.75, 3.05) is 13.1 Å². The molecule has 0 fully saturated rings. The number of aliphatic imine (C=N–C) groups is 1. The van der Waals surface area contributed by atoms with Crippen molar-refractivity contribution in [1.29, 1.82) is 0 Å². The topological polar surface area (TPSA) is 65.1 Å². The first-order valence-corrected chi connectivity index (χ1v) is 10.5. The van der Waals surface area contributed by atoms with Gasteiger partial charge in [-0.1, -0.05) is 26.0 Å². The summed E-state index contributed by atoms with van der Waals surface area (Å²) in [7, 11) is 0. The highest BCUT2D eigenvalue weighted by Crippen LogP contribution is 2.20. The lowest BCUT2D eigenvalue weighted by Gasteiger charge is -2.10. The van der Waals surface area contributed by atoms with Gasteiger partial charge in [0, 0.05) is 41.5 Å². The molecule has 0 unspecified atom stereocenters. The van der Waals surface area contributed by atoms with Crippen LogP contribution in [0, 0.1) is 6.92 Å². The molecule has 3 aromatic rings. The number of aryl methyl sites for hydroxylation is 1. The fourth-order valence-corrected chi connectivity index (χ4v) is 3.81. The van der Waals surface area contributed by atoms with Gasteiger partial charge in [-0.25, -0.2) is 9.98 Å². The Balaban J connectivity index is 1.58. The van der Waals surface area contributed by atoms with E-state index in [9.17, 15) is 0 Å². The lowest BCUT2D eigenvalue weighted by Crippen LogP contribution is -2.38. The summed E-state index contributed by atoms with van der Waals surface area (Å²) in [5.41, 5.74) is 4.84. The summed E-state index contributed by atoms with van der Waals surface area (Å²) in [6, 6.07) is 6.55. The van der Waals surface area contributed by atoms with E-state index in [-0.39, 0.29) is 0 Å². The molecule has 3 N–H and O–H groups in total. The number of hydrogen-bond donors (Lipinski definition) is 3. The number of fused-ring (bicyclic) bond motifs is 1. The minimum Gasteiger partial charge on any atom is -0.361 e. The van der Waals surface area contributed by atoms with E-state index in [2.05, 4.69) is 83.1 Å². The molecular formula is C21H29N5S. The Hall–Kier alpha value is -2.34. The van der Waals surface area contributed by atoms with Gasteiger partial charge in [0.2, 0.25) is 0 Å². The maximum absolute atomic E-state index is 4.68. The second-order valence-corrected chi connectivity index (χ2v) is 7.96. The number of nitrogens with zero attached hydrogens (tertiary/aromatic N) is 2. The molecular weight excluding hydrogens is 354 g/mol. The van der Waals surface area contributed by atoms with Crippen LogP contribution in [0.25, 0.3) is 10.9 Å². The van der Waals surface area contributed by atoms with Crippen molar-refractivity contribution in [3.63, 3.8) is 0 Å². The number of H-pyrrole nitrogens is 1. The quantitative estimate of drug-likeness (QED) is 0.420. The zero-order valence-electron chi connectivity index (χ0n) is 16.6. The summed E-state index contributed by atoms with van der Waals surface area (Å²) in [6.07, 6.45) is 3.06. The van der Waals surface area contributed by atoms with Crippen molar-refractivity contribution in [3.05, 3.63) is 51.6 Å². The fraction of sp³-hybridized carbons (Fsp3) is 0.429. The zero-order valence-corrected chi connectivity index (χ0v) is 17.4. The molecule has 1 aromatic carbocycles. The first kappa shape index (κ1) is 19.4. The maximum Gasteiger partial charge on any atom is 0.191 e. The molecule has 6 heteroatoms. The van der Waals surface area contributed by atoms with Gasteiger partial charge in [-0.15, -0.1) is 11.3 Å². The van der Waals surface area contributed by atoms with Gasteiger partial charge in [0.15, 0.2) is 5.96 Å². The molecule has 5 nitrogen and oxygen atoms in total. The van der Waals surface area contributed by atoms with E-state index in [0.717, 1.165) is 31.2 Å². The summed E-state index contributed by atoms with van der Waals surface area (Å²) in [5, 5.41) is 11.3. The Morgan fingerprint density at radius 3 is 2.89 bits per heavy atom. The predicted molar refractivity (Wildman–Crippen MR) is 116 cm³/mol. The SMILES string of the molecule is CCNC(=NCc1csc(C(C)C)n1)NCCc1c[nH]c2cc(C)ccc12. The van der Waals surface area contributed by atoms with E-state index in [0.29, 0.717) is 12.5 Å². The van der Waals surface area contributed by atoms with E-state index in [4.69, 9.17) is 0 Å². The standard InChI is InChI=1S/C21H29N5S/c1-5-22-21(25-12-17-13-27-20(26-17)14(2)3)23-9-8-16-11-24-19-10-15(4)6-7-18(16)19/h6-7,10-11,13-14,24H,5,8-9,12H2,1-4H3,(H2,22,23,25). The van der Waals surface area contributed by atoms with Crippen molar-refractivity contribution >= 4 is 28.2 Å². The predicted octanol–water partition coefficient (Wildman–Crippen LogP) is 4.35. The summed E-state index contributed by atoms with van der Waals surface area (Å²) >= 11 is 1.72. The van der Waals surface area contributed by atoms with Gasteiger partial charge >= 0.3 is 0 Å². The molecule has 3 rings (SSSR count). The molecule has 0 spiro atoms. The Kier molecular flexibility index (Phi) is 6.50. The van der Waals surface area contributed by atoms with Crippen LogP contribution in [0.15, 0.2) is 34.8 Å². The van der Waals surface area contributed by atoms with Crippen LogP contribution in [0.1, 0.15) is 48.5 Å².